The number of nitrogens with zero attached hydrogens (tertiary/aromatic N) is 5. The van der Waals surface area contributed by atoms with Gasteiger partial charge in [0, 0.05) is 13.1 Å². The van der Waals surface area contributed by atoms with Gasteiger partial charge in [0.05, 0.1) is 12.7 Å². The van der Waals surface area contributed by atoms with E-state index in [0.717, 1.165) is 19.4 Å². The molecule has 0 aliphatic carbocycles. The molecule has 1 N–H and O–H groups in total. The number of hydrogen-bond donors (Lipinski definition) is 1. The van der Waals surface area contributed by atoms with Gasteiger partial charge in [-0.25, -0.2) is 9.36 Å². The van der Waals surface area contributed by atoms with Gasteiger partial charge in [0.1, 0.15) is 5.39 Å². The van der Waals surface area contributed by atoms with Gasteiger partial charge in [-0.15, -0.1) is 5.10 Å². The van der Waals surface area contributed by atoms with Gasteiger partial charge in [-0.1, -0.05) is 5.21 Å². The molecule has 90 valence electrons. The first kappa shape index (κ1) is 10.4. The van der Waals surface area contributed by atoms with Crippen LogP contribution in [-0.4, -0.2) is 37.4 Å². The van der Waals surface area contributed by atoms with E-state index in [-0.39, 0.29) is 5.56 Å². The molecular weight excluding hydrogens is 220 g/mol. The van der Waals surface area contributed by atoms with Crippen molar-refractivity contribution in [1.29, 1.82) is 0 Å². The molecule has 2 aromatic heterocycles. The summed E-state index contributed by atoms with van der Waals surface area (Å²) >= 11 is 0. The third-order valence-corrected chi connectivity index (χ3v) is 3.18. The molecule has 3 rings (SSSR count). The summed E-state index contributed by atoms with van der Waals surface area (Å²) in [4.78, 5) is 12.1. The van der Waals surface area contributed by atoms with E-state index >= 15 is 0 Å². The standard InChI is InChI=1S/C10H14N6O/c1-15-9-8(5-12-15)10(17)16(14-13-9)6-7-3-2-4-11-7/h5,7,11H,2-4,6H2,1H3/t7-/m1/s1. The molecule has 1 aliphatic heterocycles. The van der Waals surface area contributed by atoms with Crippen LogP contribution in [0.25, 0.3) is 11.0 Å². The summed E-state index contributed by atoms with van der Waals surface area (Å²) in [6.07, 6.45) is 3.78. The Kier molecular flexibility index (Phi) is 2.40. The molecule has 2 aromatic rings. The average molecular weight is 234 g/mol. The monoisotopic (exact) mass is 234 g/mol. The van der Waals surface area contributed by atoms with E-state index in [1.165, 1.54) is 4.68 Å². The molecule has 1 fully saturated rings. The van der Waals surface area contributed by atoms with Crippen LogP contribution >= 0.6 is 0 Å². The Morgan fingerprint density at radius 3 is 3.24 bits per heavy atom. The Balaban J connectivity index is 1.99. The number of rotatable bonds is 2. The van der Waals surface area contributed by atoms with E-state index in [4.69, 9.17) is 0 Å². The first-order valence-electron chi connectivity index (χ1n) is 5.74. The molecule has 0 aromatic carbocycles. The van der Waals surface area contributed by atoms with Gasteiger partial charge in [0.25, 0.3) is 5.56 Å². The Hall–Kier alpha value is -1.76. The smallest absolute Gasteiger partial charge is 0.280 e. The molecule has 1 saturated heterocycles. The van der Waals surface area contributed by atoms with Crippen molar-refractivity contribution in [3.05, 3.63) is 16.6 Å². The first-order valence-corrected chi connectivity index (χ1v) is 5.74. The Bertz CT molecular complexity index is 594. The lowest BCUT2D eigenvalue weighted by Crippen LogP contribution is -2.34. The van der Waals surface area contributed by atoms with Gasteiger partial charge >= 0.3 is 0 Å². The van der Waals surface area contributed by atoms with Gasteiger partial charge in [-0.05, 0) is 19.4 Å². The second kappa shape index (κ2) is 3.92. The van der Waals surface area contributed by atoms with Crippen LogP contribution in [-0.2, 0) is 13.6 Å². The van der Waals surface area contributed by atoms with E-state index in [2.05, 4.69) is 20.7 Å². The van der Waals surface area contributed by atoms with Crippen molar-refractivity contribution in [2.45, 2.75) is 25.4 Å². The lowest BCUT2D eigenvalue weighted by molar-refractivity contribution is 0.446. The van der Waals surface area contributed by atoms with E-state index in [1.54, 1.807) is 17.9 Å². The lowest BCUT2D eigenvalue weighted by atomic mass is 10.2. The van der Waals surface area contributed by atoms with Crippen LogP contribution < -0.4 is 10.9 Å². The Morgan fingerprint density at radius 2 is 2.47 bits per heavy atom. The number of hydrogen-bond acceptors (Lipinski definition) is 5. The molecule has 0 amide bonds. The predicted molar refractivity (Wildman–Crippen MR) is 61.6 cm³/mol. The quantitative estimate of drug-likeness (QED) is 0.741. The van der Waals surface area contributed by atoms with Gasteiger partial charge in [0.2, 0.25) is 0 Å². The summed E-state index contributed by atoms with van der Waals surface area (Å²) in [5.74, 6) is 0. The van der Waals surface area contributed by atoms with Crippen LogP contribution in [0.4, 0.5) is 0 Å². The summed E-state index contributed by atoms with van der Waals surface area (Å²) < 4.78 is 2.98. The van der Waals surface area contributed by atoms with Crippen molar-refractivity contribution in [2.75, 3.05) is 6.54 Å². The average Bonchev–Trinajstić information content (AvgIpc) is 2.93. The fraction of sp³-hybridized carbons (Fsp3) is 0.600. The van der Waals surface area contributed by atoms with Crippen molar-refractivity contribution in [3.63, 3.8) is 0 Å². The van der Waals surface area contributed by atoms with Crippen molar-refractivity contribution in [1.82, 2.24) is 30.1 Å². The first-order chi connectivity index (χ1) is 8.25. The van der Waals surface area contributed by atoms with Crippen molar-refractivity contribution < 1.29 is 0 Å². The number of fused-ring (bicyclic) bond motifs is 1. The maximum Gasteiger partial charge on any atom is 0.280 e. The van der Waals surface area contributed by atoms with E-state index in [1.807, 2.05) is 0 Å². The van der Waals surface area contributed by atoms with Crippen LogP contribution in [0.15, 0.2) is 11.0 Å². The summed E-state index contributed by atoms with van der Waals surface area (Å²) in [6, 6.07) is 0.330. The van der Waals surface area contributed by atoms with E-state index < -0.39 is 0 Å². The van der Waals surface area contributed by atoms with Gasteiger partial charge in [0.15, 0.2) is 5.65 Å². The van der Waals surface area contributed by atoms with Gasteiger partial charge in [-0.2, -0.15) is 5.10 Å². The number of aromatic nitrogens is 5. The van der Waals surface area contributed by atoms with E-state index in [9.17, 15) is 4.79 Å². The molecule has 0 spiro atoms. The lowest BCUT2D eigenvalue weighted by Gasteiger charge is -2.10. The number of aryl methyl sites for hydroxylation is 1. The third-order valence-electron chi connectivity index (χ3n) is 3.18. The minimum absolute atomic E-state index is 0.114. The SMILES string of the molecule is Cn1ncc2c(=O)n(C[C@H]3CCCN3)nnc21. The third kappa shape index (κ3) is 1.72. The Labute approximate surface area is 97.4 Å². The highest BCUT2D eigenvalue weighted by molar-refractivity contribution is 5.72. The fourth-order valence-electron chi connectivity index (χ4n) is 2.22. The zero-order chi connectivity index (χ0) is 11.8. The van der Waals surface area contributed by atoms with Gasteiger partial charge < -0.3 is 5.32 Å². The summed E-state index contributed by atoms with van der Waals surface area (Å²) in [5.41, 5.74) is 0.419. The molecular formula is C10H14N6O. The maximum atomic E-state index is 12.1. The summed E-state index contributed by atoms with van der Waals surface area (Å²) in [7, 11) is 1.75. The topological polar surface area (TPSA) is 77.6 Å². The fourth-order valence-corrected chi connectivity index (χ4v) is 2.22. The highest BCUT2D eigenvalue weighted by atomic mass is 16.1. The predicted octanol–water partition coefficient (Wildman–Crippen LogP) is -0.723. The molecule has 17 heavy (non-hydrogen) atoms. The second-order valence-corrected chi connectivity index (χ2v) is 4.38. The minimum Gasteiger partial charge on any atom is -0.312 e. The summed E-state index contributed by atoms with van der Waals surface area (Å²) in [5, 5.41) is 15.9. The maximum absolute atomic E-state index is 12.1. The van der Waals surface area contributed by atoms with E-state index in [0.29, 0.717) is 23.6 Å². The van der Waals surface area contributed by atoms with Crippen LogP contribution in [0.2, 0.25) is 0 Å². The highest BCUT2D eigenvalue weighted by Crippen LogP contribution is 2.07. The molecule has 0 radical (unpaired) electrons. The van der Waals surface area contributed by atoms with Crippen molar-refractivity contribution >= 4 is 11.0 Å². The second-order valence-electron chi connectivity index (χ2n) is 4.38. The zero-order valence-corrected chi connectivity index (χ0v) is 9.63. The van der Waals surface area contributed by atoms with Crippen LogP contribution in [0, 0.1) is 0 Å². The van der Waals surface area contributed by atoms with Crippen molar-refractivity contribution in [2.24, 2.45) is 7.05 Å². The molecule has 0 unspecified atom stereocenters. The highest BCUT2D eigenvalue weighted by Gasteiger charge is 2.17. The normalized spacial score (nSPS) is 20.2. The molecule has 1 aliphatic rings. The van der Waals surface area contributed by atoms with Crippen LogP contribution in [0.3, 0.4) is 0 Å². The zero-order valence-electron chi connectivity index (χ0n) is 9.63. The summed E-state index contributed by atoms with van der Waals surface area (Å²) in [6.45, 7) is 1.60. The van der Waals surface area contributed by atoms with Crippen molar-refractivity contribution in [3.8, 4) is 0 Å². The molecule has 0 bridgehead atoms. The number of nitrogens with one attached hydrogen (secondary N) is 1. The minimum atomic E-state index is -0.114. The molecule has 0 saturated carbocycles. The largest absolute Gasteiger partial charge is 0.312 e. The van der Waals surface area contributed by atoms with Crippen LogP contribution in [0.5, 0.6) is 0 Å². The molecule has 1 atom stereocenters. The molecule has 3 heterocycles. The Morgan fingerprint density at radius 1 is 1.59 bits per heavy atom. The molecule has 7 heteroatoms. The van der Waals surface area contributed by atoms with Gasteiger partial charge in [-0.3, -0.25) is 4.79 Å². The van der Waals surface area contributed by atoms with Crippen LogP contribution in [0.1, 0.15) is 12.8 Å². The molecule has 7 nitrogen and oxygen atoms in total.